The molecule has 0 aliphatic carbocycles. The molecule has 0 aromatic heterocycles. The fraction of sp³-hybridized carbons (Fsp3) is 0.571. The Morgan fingerprint density at radius 2 is 1.83 bits per heavy atom. The van der Waals surface area contributed by atoms with Crippen molar-refractivity contribution in [2.75, 3.05) is 13.2 Å². The summed E-state index contributed by atoms with van der Waals surface area (Å²) in [5.41, 5.74) is 0.644. The van der Waals surface area contributed by atoms with E-state index in [0.717, 1.165) is 0 Å². The number of carbonyl (C=O) groups is 2. The van der Waals surface area contributed by atoms with Gasteiger partial charge in [-0.05, 0) is 33.3 Å². The summed E-state index contributed by atoms with van der Waals surface area (Å²) >= 11 is 0. The lowest BCUT2D eigenvalue weighted by Gasteiger charge is -2.19. The van der Waals surface area contributed by atoms with Crippen molar-refractivity contribution in [3.8, 4) is 11.8 Å². The molecule has 0 spiro atoms. The summed E-state index contributed by atoms with van der Waals surface area (Å²) < 4.78 is 10.2. The number of esters is 1. The molecular weight excluding hydrogens is 232 g/mol. The van der Waals surface area contributed by atoms with Crippen molar-refractivity contribution in [1.29, 1.82) is 0 Å². The van der Waals surface area contributed by atoms with Crippen LogP contribution in [-0.2, 0) is 19.1 Å². The molecule has 0 amide bonds. The molecule has 4 heteroatoms. The molecule has 2 unspecified atom stereocenters. The molecule has 0 N–H and O–H groups in total. The summed E-state index contributed by atoms with van der Waals surface area (Å²) in [6, 6.07) is 0. The molecule has 0 rings (SSSR count). The van der Waals surface area contributed by atoms with Gasteiger partial charge in [-0.2, -0.15) is 0 Å². The Balaban J connectivity index is 5.12. The van der Waals surface area contributed by atoms with Gasteiger partial charge in [-0.1, -0.05) is 18.4 Å². The normalized spacial score (nSPS) is 12.9. The van der Waals surface area contributed by atoms with Crippen molar-refractivity contribution in [1.82, 2.24) is 0 Å². The third-order valence-electron chi connectivity index (χ3n) is 2.06. The molecule has 0 saturated heterocycles. The van der Waals surface area contributed by atoms with Gasteiger partial charge < -0.3 is 9.47 Å². The van der Waals surface area contributed by atoms with Gasteiger partial charge in [-0.3, -0.25) is 9.59 Å². The lowest BCUT2D eigenvalue weighted by molar-refractivity contribution is -0.155. The molecular formula is C14H20O4. The summed E-state index contributed by atoms with van der Waals surface area (Å²) in [5.74, 6) is 3.56. The van der Waals surface area contributed by atoms with Crippen molar-refractivity contribution in [2.45, 2.75) is 33.8 Å². The van der Waals surface area contributed by atoms with E-state index in [1.54, 1.807) is 20.8 Å². The molecule has 0 fully saturated rings. The minimum absolute atomic E-state index is 0.218. The van der Waals surface area contributed by atoms with Crippen LogP contribution in [0.3, 0.4) is 0 Å². The van der Waals surface area contributed by atoms with Gasteiger partial charge in [-0.15, -0.1) is 0 Å². The number of hydrogen-bond acceptors (Lipinski definition) is 4. The first kappa shape index (κ1) is 16.4. The zero-order chi connectivity index (χ0) is 14.1. The zero-order valence-corrected chi connectivity index (χ0v) is 11.4. The Bertz CT molecular complexity index is 373. The maximum atomic E-state index is 11.7. The van der Waals surface area contributed by atoms with Crippen LogP contribution in [0, 0.1) is 17.8 Å². The number of allylic oxidation sites excluding steroid dienone is 1. The zero-order valence-electron chi connectivity index (χ0n) is 11.4. The fourth-order valence-corrected chi connectivity index (χ4v) is 1.33. The number of ether oxygens (including phenoxy) is 2. The van der Waals surface area contributed by atoms with Gasteiger partial charge >= 0.3 is 5.97 Å². The van der Waals surface area contributed by atoms with E-state index in [0.29, 0.717) is 12.2 Å². The highest BCUT2D eigenvalue weighted by molar-refractivity contribution is 5.98. The predicted molar refractivity (Wildman–Crippen MR) is 68.8 cm³/mol. The van der Waals surface area contributed by atoms with Crippen LogP contribution in [0.1, 0.15) is 27.7 Å². The molecule has 4 nitrogen and oxygen atoms in total. The van der Waals surface area contributed by atoms with Crippen LogP contribution in [0.15, 0.2) is 12.2 Å². The van der Waals surface area contributed by atoms with Crippen LogP contribution in [-0.4, -0.2) is 31.1 Å². The van der Waals surface area contributed by atoms with Gasteiger partial charge in [-0.25, -0.2) is 0 Å². The lowest BCUT2D eigenvalue weighted by atomic mass is 9.98. The minimum Gasteiger partial charge on any atom is -0.465 e. The third-order valence-corrected chi connectivity index (χ3v) is 2.06. The number of ketones is 1. The quantitative estimate of drug-likeness (QED) is 0.410. The maximum absolute atomic E-state index is 11.7. The van der Waals surface area contributed by atoms with Crippen LogP contribution in [0.2, 0.25) is 0 Å². The average Bonchev–Trinajstić information content (AvgIpc) is 2.26. The Kier molecular flexibility index (Phi) is 7.73. The highest BCUT2D eigenvalue weighted by Gasteiger charge is 2.33. The number of hydrogen-bond donors (Lipinski definition) is 0. The average molecular weight is 252 g/mol. The number of Topliss-reactive ketones (excluding diaryl/α,β-unsaturated/α-hetero) is 1. The standard InChI is InChI=1S/C14H20O4/c1-6-17-12(9-8-10(3)4)13(11(5)15)14(16)18-7-2/h12-13H,3,6-7H2,1-2,4-5H3. The molecule has 0 aromatic rings. The van der Waals surface area contributed by atoms with Gasteiger partial charge in [0.15, 0.2) is 5.92 Å². The van der Waals surface area contributed by atoms with E-state index in [1.165, 1.54) is 6.92 Å². The summed E-state index contributed by atoms with van der Waals surface area (Å²) in [5, 5.41) is 0. The van der Waals surface area contributed by atoms with E-state index < -0.39 is 18.0 Å². The van der Waals surface area contributed by atoms with Gasteiger partial charge in [0.2, 0.25) is 0 Å². The third kappa shape index (κ3) is 5.65. The Labute approximate surface area is 108 Å². The van der Waals surface area contributed by atoms with E-state index in [4.69, 9.17) is 9.47 Å². The van der Waals surface area contributed by atoms with E-state index >= 15 is 0 Å². The largest absolute Gasteiger partial charge is 0.465 e. The molecule has 0 aliphatic heterocycles. The molecule has 0 aliphatic rings. The van der Waals surface area contributed by atoms with Crippen molar-refractivity contribution in [3.05, 3.63) is 12.2 Å². The van der Waals surface area contributed by atoms with Gasteiger partial charge in [0.1, 0.15) is 11.9 Å². The minimum atomic E-state index is -1.00. The number of carbonyl (C=O) groups excluding carboxylic acids is 2. The first-order valence-corrected chi connectivity index (χ1v) is 5.89. The van der Waals surface area contributed by atoms with Crippen molar-refractivity contribution < 1.29 is 19.1 Å². The summed E-state index contributed by atoms with van der Waals surface area (Å²) in [4.78, 5) is 23.3. The second-order valence-corrected chi connectivity index (χ2v) is 3.77. The van der Waals surface area contributed by atoms with Crippen molar-refractivity contribution in [2.24, 2.45) is 5.92 Å². The molecule has 0 radical (unpaired) electrons. The lowest BCUT2D eigenvalue weighted by Crippen LogP contribution is -2.36. The van der Waals surface area contributed by atoms with Crippen molar-refractivity contribution >= 4 is 11.8 Å². The highest BCUT2D eigenvalue weighted by Crippen LogP contribution is 2.12. The monoisotopic (exact) mass is 252 g/mol. The summed E-state index contributed by atoms with van der Waals surface area (Å²) in [6.45, 7) is 10.7. The van der Waals surface area contributed by atoms with Gasteiger partial charge in [0, 0.05) is 6.61 Å². The molecule has 0 saturated carbocycles. The van der Waals surface area contributed by atoms with Crippen LogP contribution in [0.25, 0.3) is 0 Å². The van der Waals surface area contributed by atoms with Gasteiger partial charge in [0.25, 0.3) is 0 Å². The summed E-state index contributed by atoms with van der Waals surface area (Å²) in [6.07, 6.45) is -0.789. The van der Waals surface area contributed by atoms with E-state index in [9.17, 15) is 9.59 Å². The number of rotatable bonds is 6. The molecule has 0 aromatic carbocycles. The molecule has 2 atom stereocenters. The first-order chi connectivity index (χ1) is 8.43. The summed E-state index contributed by atoms with van der Waals surface area (Å²) in [7, 11) is 0. The van der Waals surface area contributed by atoms with Gasteiger partial charge in [0.05, 0.1) is 6.61 Å². The maximum Gasteiger partial charge on any atom is 0.320 e. The Morgan fingerprint density at radius 3 is 2.22 bits per heavy atom. The molecule has 18 heavy (non-hydrogen) atoms. The smallest absolute Gasteiger partial charge is 0.320 e. The van der Waals surface area contributed by atoms with E-state index in [2.05, 4.69) is 18.4 Å². The van der Waals surface area contributed by atoms with Crippen LogP contribution >= 0.6 is 0 Å². The van der Waals surface area contributed by atoms with E-state index in [-0.39, 0.29) is 12.4 Å². The van der Waals surface area contributed by atoms with Crippen molar-refractivity contribution in [3.63, 3.8) is 0 Å². The van der Waals surface area contributed by atoms with Crippen LogP contribution in [0.4, 0.5) is 0 Å². The topological polar surface area (TPSA) is 52.6 Å². The van der Waals surface area contributed by atoms with Crippen LogP contribution in [0.5, 0.6) is 0 Å². The highest BCUT2D eigenvalue weighted by atomic mass is 16.5. The second-order valence-electron chi connectivity index (χ2n) is 3.77. The van der Waals surface area contributed by atoms with E-state index in [1.807, 2.05) is 0 Å². The molecule has 0 bridgehead atoms. The second kappa shape index (κ2) is 8.48. The SMILES string of the molecule is C=C(C)C#CC(OCC)C(C(C)=O)C(=O)OCC. The molecule has 0 heterocycles. The Morgan fingerprint density at radius 1 is 1.22 bits per heavy atom. The molecule has 100 valence electrons. The first-order valence-electron chi connectivity index (χ1n) is 5.89. The van der Waals surface area contributed by atoms with Crippen LogP contribution < -0.4 is 0 Å². The fourth-order valence-electron chi connectivity index (χ4n) is 1.33. The predicted octanol–water partition coefficient (Wildman–Crippen LogP) is 1.74. The Hall–Kier alpha value is -1.60.